The first kappa shape index (κ1) is 26.8. The van der Waals surface area contributed by atoms with Gasteiger partial charge in [-0.1, -0.05) is 67.3 Å². The molecule has 202 valence electrons. The Bertz CT molecular complexity index is 894. The first-order valence-corrected chi connectivity index (χ1v) is 15.1. The first-order chi connectivity index (χ1) is 18.3. The molecule has 1 aromatic rings. The molecule has 5 rings (SSSR count). The molecule has 0 radical (unpaired) electrons. The maximum atomic E-state index is 12.8. The number of carbonyl (C=O) groups is 1. The summed E-state index contributed by atoms with van der Waals surface area (Å²) in [5.41, 5.74) is 2.86. The van der Waals surface area contributed by atoms with Crippen LogP contribution in [0.25, 0.3) is 0 Å². The quantitative estimate of drug-likeness (QED) is 0.157. The molecule has 0 aromatic heterocycles. The lowest BCUT2D eigenvalue weighted by atomic mass is 9.88. The van der Waals surface area contributed by atoms with Gasteiger partial charge >= 0.3 is 0 Å². The molecular weight excluding hydrogens is 460 g/mol. The SMILES string of the molecule is O=C(C=C[C@H]1[C@@H]2CC(CCCCCOCc3ccccc3)=C[C@@H]2C[C@@H]1OC1CCCCO1)C1CCCC1. The van der Waals surface area contributed by atoms with Crippen molar-refractivity contribution in [1.82, 2.24) is 0 Å². The second-order valence-electron chi connectivity index (χ2n) is 11.7. The van der Waals surface area contributed by atoms with Gasteiger partial charge in [-0.15, -0.1) is 0 Å². The summed E-state index contributed by atoms with van der Waals surface area (Å²) >= 11 is 0. The molecule has 4 heteroatoms. The highest BCUT2D eigenvalue weighted by atomic mass is 16.7. The standard InChI is InChI=1S/C33H46O4/c34-31(27-14-6-7-15-27)18-17-29-30-22-26(13-5-2-9-19-35-24-25-11-3-1-4-12-25)21-28(30)23-32(29)37-33-16-8-10-20-36-33/h1,3-4,11-12,17-18,21,27-30,32-33H,2,5-10,13-16,19-20,22-24H2/t28-,29+,30-,32+,33?/m1/s1. The monoisotopic (exact) mass is 506 g/mol. The Morgan fingerprint density at radius 2 is 1.84 bits per heavy atom. The van der Waals surface area contributed by atoms with Crippen molar-refractivity contribution in [2.75, 3.05) is 13.2 Å². The summed E-state index contributed by atoms with van der Waals surface area (Å²) in [6.45, 7) is 2.36. The summed E-state index contributed by atoms with van der Waals surface area (Å²) in [6, 6.07) is 10.4. The van der Waals surface area contributed by atoms with Crippen molar-refractivity contribution in [3.8, 4) is 0 Å². The third-order valence-corrected chi connectivity index (χ3v) is 9.03. The molecule has 1 heterocycles. The van der Waals surface area contributed by atoms with E-state index in [2.05, 4.69) is 36.4 Å². The van der Waals surface area contributed by atoms with E-state index < -0.39 is 0 Å². The Morgan fingerprint density at radius 3 is 2.65 bits per heavy atom. The second kappa shape index (κ2) is 13.9. The summed E-state index contributed by atoms with van der Waals surface area (Å²) in [5, 5.41) is 0. The van der Waals surface area contributed by atoms with Crippen molar-refractivity contribution in [3.05, 3.63) is 59.7 Å². The zero-order chi connectivity index (χ0) is 25.3. The van der Waals surface area contributed by atoms with Gasteiger partial charge in [0.2, 0.25) is 0 Å². The van der Waals surface area contributed by atoms with Crippen molar-refractivity contribution in [2.45, 2.75) is 102 Å². The molecule has 37 heavy (non-hydrogen) atoms. The Balaban J connectivity index is 1.08. The van der Waals surface area contributed by atoms with E-state index >= 15 is 0 Å². The zero-order valence-electron chi connectivity index (χ0n) is 22.5. The highest BCUT2D eigenvalue weighted by molar-refractivity contribution is 5.91. The average Bonchev–Trinajstić information content (AvgIpc) is 3.66. The molecule has 2 saturated carbocycles. The smallest absolute Gasteiger partial charge is 0.158 e. The molecule has 1 aliphatic heterocycles. The molecule has 3 fully saturated rings. The van der Waals surface area contributed by atoms with E-state index in [0.717, 1.165) is 58.2 Å². The molecule has 1 saturated heterocycles. The van der Waals surface area contributed by atoms with E-state index in [9.17, 15) is 4.79 Å². The minimum absolute atomic E-state index is 0.0634. The van der Waals surface area contributed by atoms with E-state index in [1.54, 1.807) is 5.57 Å². The maximum absolute atomic E-state index is 12.8. The highest BCUT2D eigenvalue weighted by Gasteiger charge is 2.45. The Morgan fingerprint density at radius 1 is 1.00 bits per heavy atom. The lowest BCUT2D eigenvalue weighted by molar-refractivity contribution is -0.192. The minimum atomic E-state index is -0.0634. The van der Waals surface area contributed by atoms with Gasteiger partial charge in [-0.3, -0.25) is 4.79 Å². The van der Waals surface area contributed by atoms with Crippen molar-refractivity contribution < 1.29 is 19.0 Å². The van der Waals surface area contributed by atoms with Gasteiger partial charge in [0.1, 0.15) is 0 Å². The molecule has 1 unspecified atom stereocenters. The molecule has 0 spiro atoms. The van der Waals surface area contributed by atoms with E-state index in [1.807, 2.05) is 12.1 Å². The summed E-state index contributed by atoms with van der Waals surface area (Å²) in [6.07, 6.45) is 21.7. The molecule has 0 amide bonds. The molecule has 0 N–H and O–H groups in total. The van der Waals surface area contributed by atoms with E-state index in [1.165, 1.54) is 44.1 Å². The summed E-state index contributed by atoms with van der Waals surface area (Å²) in [4.78, 5) is 12.8. The van der Waals surface area contributed by atoms with Crippen molar-refractivity contribution >= 4 is 5.78 Å². The number of carbonyl (C=O) groups excluding carboxylic acids is 1. The van der Waals surface area contributed by atoms with Crippen molar-refractivity contribution in [2.24, 2.45) is 23.7 Å². The van der Waals surface area contributed by atoms with Crippen LogP contribution in [0.5, 0.6) is 0 Å². The van der Waals surface area contributed by atoms with Crippen molar-refractivity contribution in [3.63, 3.8) is 0 Å². The van der Waals surface area contributed by atoms with Gasteiger partial charge in [0.25, 0.3) is 0 Å². The lowest BCUT2D eigenvalue weighted by Gasteiger charge is -2.29. The number of hydrogen-bond acceptors (Lipinski definition) is 4. The lowest BCUT2D eigenvalue weighted by Crippen LogP contribution is -2.30. The summed E-state index contributed by atoms with van der Waals surface area (Å²) in [7, 11) is 0. The van der Waals surface area contributed by atoms with Gasteiger partial charge in [0.05, 0.1) is 12.7 Å². The fraction of sp³-hybridized carbons (Fsp3) is 0.667. The van der Waals surface area contributed by atoms with Crippen LogP contribution in [0.3, 0.4) is 0 Å². The van der Waals surface area contributed by atoms with Gasteiger partial charge in [-0.2, -0.15) is 0 Å². The minimum Gasteiger partial charge on any atom is -0.377 e. The highest BCUT2D eigenvalue weighted by Crippen LogP contribution is 2.50. The van der Waals surface area contributed by atoms with E-state index in [0.29, 0.717) is 30.1 Å². The molecular formula is C33H46O4. The molecule has 4 aliphatic rings. The van der Waals surface area contributed by atoms with E-state index in [-0.39, 0.29) is 18.3 Å². The summed E-state index contributed by atoms with van der Waals surface area (Å²) in [5.74, 6) is 2.07. The Hall–Kier alpha value is -1.75. The number of benzene rings is 1. The number of allylic oxidation sites excluding steroid dienone is 3. The van der Waals surface area contributed by atoms with Gasteiger partial charge in [-0.05, 0) is 87.7 Å². The molecule has 4 nitrogen and oxygen atoms in total. The first-order valence-electron chi connectivity index (χ1n) is 15.1. The molecule has 3 aliphatic carbocycles. The third-order valence-electron chi connectivity index (χ3n) is 9.03. The topological polar surface area (TPSA) is 44.8 Å². The van der Waals surface area contributed by atoms with Gasteiger partial charge in [-0.25, -0.2) is 0 Å². The largest absolute Gasteiger partial charge is 0.377 e. The predicted octanol–water partition coefficient (Wildman–Crippen LogP) is 7.57. The number of ether oxygens (including phenoxy) is 3. The number of hydrogen-bond donors (Lipinski definition) is 0. The van der Waals surface area contributed by atoms with Crippen LogP contribution in [-0.4, -0.2) is 31.4 Å². The van der Waals surface area contributed by atoms with Crippen LogP contribution < -0.4 is 0 Å². The van der Waals surface area contributed by atoms with Gasteiger partial charge < -0.3 is 14.2 Å². The predicted molar refractivity (Wildman–Crippen MR) is 147 cm³/mol. The van der Waals surface area contributed by atoms with Gasteiger partial charge in [0.15, 0.2) is 12.1 Å². The van der Waals surface area contributed by atoms with Crippen LogP contribution in [0.15, 0.2) is 54.1 Å². The van der Waals surface area contributed by atoms with Crippen LogP contribution >= 0.6 is 0 Å². The van der Waals surface area contributed by atoms with Crippen LogP contribution in [-0.2, 0) is 25.6 Å². The average molecular weight is 507 g/mol. The fourth-order valence-electron chi connectivity index (χ4n) is 6.98. The number of fused-ring (bicyclic) bond motifs is 1. The normalized spacial score (nSPS) is 30.2. The fourth-order valence-corrected chi connectivity index (χ4v) is 6.98. The molecule has 1 aromatic carbocycles. The van der Waals surface area contributed by atoms with Crippen LogP contribution in [0.1, 0.15) is 89.0 Å². The maximum Gasteiger partial charge on any atom is 0.158 e. The number of ketones is 1. The Labute approximate surface area is 223 Å². The molecule has 0 bridgehead atoms. The Kier molecular flexibility index (Phi) is 10.1. The summed E-state index contributed by atoms with van der Waals surface area (Å²) < 4.78 is 18.3. The number of unbranched alkanes of at least 4 members (excludes halogenated alkanes) is 2. The third kappa shape index (κ3) is 7.65. The van der Waals surface area contributed by atoms with Gasteiger partial charge in [0, 0.05) is 25.0 Å². The van der Waals surface area contributed by atoms with E-state index in [4.69, 9.17) is 14.2 Å². The molecule has 5 atom stereocenters. The number of rotatable bonds is 13. The van der Waals surface area contributed by atoms with Crippen LogP contribution in [0, 0.1) is 23.7 Å². The van der Waals surface area contributed by atoms with Crippen LogP contribution in [0.2, 0.25) is 0 Å². The van der Waals surface area contributed by atoms with Crippen molar-refractivity contribution in [1.29, 1.82) is 0 Å². The second-order valence-corrected chi connectivity index (χ2v) is 11.7. The van der Waals surface area contributed by atoms with Crippen LogP contribution in [0.4, 0.5) is 0 Å². The zero-order valence-corrected chi connectivity index (χ0v) is 22.5.